The highest BCUT2D eigenvalue weighted by Crippen LogP contribution is 2.21. The topological polar surface area (TPSA) is 59.0 Å². The highest BCUT2D eigenvalue weighted by Gasteiger charge is 2.06. The third kappa shape index (κ3) is 4.38. The standard InChI is InChI=1S/C20H24N4O/c1-14(2)13-24-9-8-17-10-18(6-7-19(17)24)23-20(25)22-12-16-5-4-15(3)21-11-16/h4-11,14H,12-13H2,1-3H3,(H2,22,23,25). The number of pyridine rings is 1. The summed E-state index contributed by atoms with van der Waals surface area (Å²) in [7, 11) is 0. The van der Waals surface area contributed by atoms with E-state index in [4.69, 9.17) is 0 Å². The summed E-state index contributed by atoms with van der Waals surface area (Å²) in [5.74, 6) is 0.593. The number of nitrogens with one attached hydrogen (secondary N) is 2. The summed E-state index contributed by atoms with van der Waals surface area (Å²) in [6.07, 6.45) is 3.87. The second kappa shape index (κ2) is 7.38. The molecule has 25 heavy (non-hydrogen) atoms. The van der Waals surface area contributed by atoms with E-state index in [0.717, 1.165) is 28.9 Å². The van der Waals surface area contributed by atoms with Crippen LogP contribution in [0.1, 0.15) is 25.1 Å². The number of hydrogen-bond donors (Lipinski definition) is 2. The van der Waals surface area contributed by atoms with Crippen molar-refractivity contribution in [1.29, 1.82) is 0 Å². The van der Waals surface area contributed by atoms with E-state index in [0.29, 0.717) is 12.5 Å². The average molecular weight is 336 g/mol. The van der Waals surface area contributed by atoms with Crippen molar-refractivity contribution < 1.29 is 4.79 Å². The van der Waals surface area contributed by atoms with Gasteiger partial charge >= 0.3 is 6.03 Å². The first-order chi connectivity index (χ1) is 12.0. The van der Waals surface area contributed by atoms with Crippen molar-refractivity contribution in [2.24, 2.45) is 5.92 Å². The molecule has 3 rings (SSSR count). The third-order valence-corrected chi connectivity index (χ3v) is 4.02. The second-order valence-electron chi connectivity index (χ2n) is 6.75. The lowest BCUT2D eigenvalue weighted by molar-refractivity contribution is 0.251. The maximum absolute atomic E-state index is 12.1. The molecule has 0 saturated carbocycles. The minimum absolute atomic E-state index is 0.221. The van der Waals surface area contributed by atoms with Gasteiger partial charge in [0.2, 0.25) is 0 Å². The number of carbonyl (C=O) groups is 1. The second-order valence-corrected chi connectivity index (χ2v) is 6.75. The molecule has 0 atom stereocenters. The van der Waals surface area contributed by atoms with Gasteiger partial charge in [-0.15, -0.1) is 0 Å². The van der Waals surface area contributed by atoms with Crippen LogP contribution < -0.4 is 10.6 Å². The molecule has 0 spiro atoms. The zero-order valence-corrected chi connectivity index (χ0v) is 14.9. The van der Waals surface area contributed by atoms with Crippen molar-refractivity contribution in [1.82, 2.24) is 14.9 Å². The van der Waals surface area contributed by atoms with Gasteiger partial charge in [0.05, 0.1) is 0 Å². The smallest absolute Gasteiger partial charge is 0.319 e. The van der Waals surface area contributed by atoms with Crippen molar-refractivity contribution in [3.63, 3.8) is 0 Å². The number of benzene rings is 1. The van der Waals surface area contributed by atoms with Crippen LogP contribution in [0.25, 0.3) is 10.9 Å². The molecule has 2 amide bonds. The van der Waals surface area contributed by atoms with E-state index in [1.807, 2.05) is 31.2 Å². The lowest BCUT2D eigenvalue weighted by atomic mass is 10.2. The van der Waals surface area contributed by atoms with Crippen molar-refractivity contribution in [2.75, 3.05) is 5.32 Å². The number of aromatic nitrogens is 2. The van der Waals surface area contributed by atoms with Crippen molar-refractivity contribution in [2.45, 2.75) is 33.9 Å². The van der Waals surface area contributed by atoms with E-state index < -0.39 is 0 Å². The van der Waals surface area contributed by atoms with Gasteiger partial charge < -0.3 is 15.2 Å². The molecule has 5 heteroatoms. The van der Waals surface area contributed by atoms with Gasteiger partial charge in [-0.25, -0.2) is 4.79 Å². The Morgan fingerprint density at radius 2 is 2.04 bits per heavy atom. The van der Waals surface area contributed by atoms with Crippen LogP contribution in [0.2, 0.25) is 0 Å². The number of amides is 2. The van der Waals surface area contributed by atoms with E-state index in [9.17, 15) is 4.79 Å². The molecule has 0 unspecified atom stereocenters. The Kier molecular flexibility index (Phi) is 5.03. The number of carbonyl (C=O) groups excluding carboxylic acids is 1. The van der Waals surface area contributed by atoms with Gasteiger partial charge in [-0.05, 0) is 48.7 Å². The van der Waals surface area contributed by atoms with Crippen LogP contribution in [0.3, 0.4) is 0 Å². The number of nitrogens with zero attached hydrogens (tertiary/aromatic N) is 2. The number of fused-ring (bicyclic) bond motifs is 1. The number of hydrogen-bond acceptors (Lipinski definition) is 2. The largest absolute Gasteiger partial charge is 0.347 e. The van der Waals surface area contributed by atoms with Crippen LogP contribution in [-0.2, 0) is 13.1 Å². The van der Waals surface area contributed by atoms with Crippen molar-refractivity contribution >= 4 is 22.6 Å². The molecule has 3 aromatic rings. The number of urea groups is 1. The number of anilines is 1. The minimum atomic E-state index is -0.221. The third-order valence-electron chi connectivity index (χ3n) is 4.02. The molecule has 0 bridgehead atoms. The zero-order valence-electron chi connectivity index (χ0n) is 14.9. The van der Waals surface area contributed by atoms with E-state index in [1.165, 1.54) is 5.52 Å². The van der Waals surface area contributed by atoms with Crippen LogP contribution >= 0.6 is 0 Å². The van der Waals surface area contributed by atoms with E-state index >= 15 is 0 Å². The average Bonchev–Trinajstić information content (AvgIpc) is 2.96. The molecule has 0 radical (unpaired) electrons. The molecule has 2 heterocycles. The molecule has 130 valence electrons. The van der Waals surface area contributed by atoms with Crippen LogP contribution in [0, 0.1) is 12.8 Å². The predicted molar refractivity (Wildman–Crippen MR) is 102 cm³/mol. The van der Waals surface area contributed by atoms with Gasteiger partial charge in [0, 0.05) is 47.8 Å². The summed E-state index contributed by atoms with van der Waals surface area (Å²) in [5.41, 5.74) is 3.91. The number of rotatable bonds is 5. The van der Waals surface area contributed by atoms with Gasteiger partial charge in [0.25, 0.3) is 0 Å². The van der Waals surface area contributed by atoms with Crippen LogP contribution in [0.15, 0.2) is 48.8 Å². The Hall–Kier alpha value is -2.82. The molecular weight excluding hydrogens is 312 g/mol. The van der Waals surface area contributed by atoms with E-state index in [2.05, 4.69) is 52.4 Å². The first-order valence-corrected chi connectivity index (χ1v) is 8.56. The summed E-state index contributed by atoms with van der Waals surface area (Å²) in [4.78, 5) is 16.3. The molecule has 0 aliphatic rings. The normalized spacial score (nSPS) is 11.0. The predicted octanol–water partition coefficient (Wildman–Crippen LogP) is 4.32. The summed E-state index contributed by atoms with van der Waals surface area (Å²) in [6.45, 7) is 7.79. The highest BCUT2D eigenvalue weighted by atomic mass is 16.2. The Morgan fingerprint density at radius 3 is 2.76 bits per heavy atom. The zero-order chi connectivity index (χ0) is 17.8. The van der Waals surface area contributed by atoms with E-state index in [-0.39, 0.29) is 6.03 Å². The first-order valence-electron chi connectivity index (χ1n) is 8.56. The Balaban J connectivity index is 1.62. The molecule has 0 aliphatic carbocycles. The number of aryl methyl sites for hydroxylation is 1. The summed E-state index contributed by atoms with van der Waals surface area (Å²) < 4.78 is 2.24. The SMILES string of the molecule is Cc1ccc(CNC(=O)Nc2ccc3c(ccn3CC(C)C)c2)cn1. The summed E-state index contributed by atoms with van der Waals surface area (Å²) >= 11 is 0. The Labute approximate surface area is 148 Å². The summed E-state index contributed by atoms with van der Waals surface area (Å²) in [5, 5.41) is 6.86. The highest BCUT2D eigenvalue weighted by molar-refractivity contribution is 5.92. The quantitative estimate of drug-likeness (QED) is 0.729. The lowest BCUT2D eigenvalue weighted by Crippen LogP contribution is -2.28. The van der Waals surface area contributed by atoms with Gasteiger partial charge in [-0.3, -0.25) is 4.98 Å². The van der Waals surface area contributed by atoms with Crippen LogP contribution in [0.4, 0.5) is 10.5 Å². The lowest BCUT2D eigenvalue weighted by Gasteiger charge is -2.10. The van der Waals surface area contributed by atoms with Gasteiger partial charge in [0.15, 0.2) is 0 Å². The maximum Gasteiger partial charge on any atom is 0.319 e. The fourth-order valence-corrected chi connectivity index (χ4v) is 2.79. The minimum Gasteiger partial charge on any atom is -0.347 e. The van der Waals surface area contributed by atoms with E-state index in [1.54, 1.807) is 6.20 Å². The first kappa shape index (κ1) is 17.0. The molecule has 1 aromatic carbocycles. The molecular formula is C20H24N4O. The van der Waals surface area contributed by atoms with Gasteiger partial charge in [-0.1, -0.05) is 19.9 Å². The maximum atomic E-state index is 12.1. The summed E-state index contributed by atoms with van der Waals surface area (Å²) in [6, 6.07) is 11.7. The van der Waals surface area contributed by atoms with Crippen molar-refractivity contribution in [3.05, 3.63) is 60.0 Å². The fourth-order valence-electron chi connectivity index (χ4n) is 2.79. The monoisotopic (exact) mass is 336 g/mol. The molecule has 0 saturated heterocycles. The molecule has 5 nitrogen and oxygen atoms in total. The van der Waals surface area contributed by atoms with Crippen LogP contribution in [0.5, 0.6) is 0 Å². The van der Waals surface area contributed by atoms with Crippen molar-refractivity contribution in [3.8, 4) is 0 Å². The molecule has 0 fully saturated rings. The van der Waals surface area contributed by atoms with Gasteiger partial charge in [-0.2, -0.15) is 0 Å². The molecule has 2 N–H and O–H groups in total. The Bertz CT molecular complexity index is 865. The Morgan fingerprint density at radius 1 is 1.20 bits per heavy atom. The molecule has 0 aliphatic heterocycles. The molecule has 2 aromatic heterocycles. The fraction of sp³-hybridized carbons (Fsp3) is 0.300. The van der Waals surface area contributed by atoms with Gasteiger partial charge in [0.1, 0.15) is 0 Å². The van der Waals surface area contributed by atoms with Crippen LogP contribution in [-0.4, -0.2) is 15.6 Å².